The van der Waals surface area contributed by atoms with Crippen LogP contribution in [0.1, 0.15) is 31.2 Å². The van der Waals surface area contributed by atoms with Gasteiger partial charge in [0.1, 0.15) is 5.60 Å². The lowest BCUT2D eigenvalue weighted by Crippen LogP contribution is -2.52. The number of hydrogen-bond donors (Lipinski definition) is 0. The Morgan fingerprint density at radius 3 is 2.60 bits per heavy atom. The molecule has 0 N–H and O–H groups in total. The van der Waals surface area contributed by atoms with Gasteiger partial charge in [-0.3, -0.25) is 14.5 Å². The van der Waals surface area contributed by atoms with Crippen molar-refractivity contribution >= 4 is 11.9 Å². The molecular weight excluding hydrogens is 380 g/mol. The molecule has 5 rings (SSSR count). The highest BCUT2D eigenvalue weighted by atomic mass is 16.6. The van der Waals surface area contributed by atoms with Gasteiger partial charge in [-0.25, -0.2) is 0 Å². The number of amides is 1. The second kappa shape index (κ2) is 7.95. The van der Waals surface area contributed by atoms with Gasteiger partial charge in [0.2, 0.25) is 5.91 Å². The molecular formula is C23H28N4O3. The van der Waals surface area contributed by atoms with Crippen LogP contribution >= 0.6 is 0 Å². The van der Waals surface area contributed by atoms with Crippen molar-refractivity contribution in [3.8, 4) is 0 Å². The monoisotopic (exact) mass is 408 g/mol. The van der Waals surface area contributed by atoms with Crippen LogP contribution in [0.3, 0.4) is 0 Å². The molecule has 0 radical (unpaired) electrons. The molecule has 3 fully saturated rings. The van der Waals surface area contributed by atoms with Crippen molar-refractivity contribution in [1.82, 2.24) is 20.0 Å². The number of hydrogen-bond acceptors (Lipinski definition) is 6. The zero-order valence-corrected chi connectivity index (χ0v) is 17.2. The van der Waals surface area contributed by atoms with E-state index in [0.717, 1.165) is 50.9 Å². The Kier molecular flexibility index (Phi) is 5.15. The number of piperidine rings is 2. The summed E-state index contributed by atoms with van der Waals surface area (Å²) in [7, 11) is 0. The van der Waals surface area contributed by atoms with Crippen LogP contribution in [-0.4, -0.2) is 63.7 Å². The highest BCUT2D eigenvalue weighted by Gasteiger charge is 2.55. The molecule has 0 aromatic carbocycles. The Balaban J connectivity index is 1.14. The fourth-order valence-electron chi connectivity index (χ4n) is 5.48. The summed E-state index contributed by atoms with van der Waals surface area (Å²) in [4.78, 5) is 29.8. The summed E-state index contributed by atoms with van der Waals surface area (Å²) in [5.41, 5.74) is 0.731. The summed E-state index contributed by atoms with van der Waals surface area (Å²) >= 11 is 0. The van der Waals surface area contributed by atoms with Crippen molar-refractivity contribution in [3.63, 3.8) is 0 Å². The molecule has 2 unspecified atom stereocenters. The Hall–Kier alpha value is -2.54. The van der Waals surface area contributed by atoms with Gasteiger partial charge in [-0.1, -0.05) is 24.3 Å². The van der Waals surface area contributed by atoms with Crippen molar-refractivity contribution < 1.29 is 14.3 Å². The Bertz CT molecular complexity index is 852. The first-order chi connectivity index (χ1) is 14.6. The van der Waals surface area contributed by atoms with Crippen LogP contribution in [0.4, 0.5) is 0 Å². The molecule has 3 aliphatic heterocycles. The van der Waals surface area contributed by atoms with E-state index in [2.05, 4.69) is 21.2 Å². The number of ether oxygens (including phenoxy) is 1. The van der Waals surface area contributed by atoms with E-state index in [-0.39, 0.29) is 29.6 Å². The SMILES string of the molecule is O=C1OC2(CCN(C(=O)C3CCN(Cc4ccnnc4)CC3)CC2)C2C=CC=CC12. The largest absolute Gasteiger partial charge is 0.458 e. The molecule has 0 saturated carbocycles. The van der Waals surface area contributed by atoms with Crippen molar-refractivity contribution in [1.29, 1.82) is 0 Å². The molecule has 0 bridgehead atoms. The molecule has 3 saturated heterocycles. The van der Waals surface area contributed by atoms with E-state index in [1.165, 1.54) is 0 Å². The third-order valence-electron chi connectivity index (χ3n) is 7.23. The summed E-state index contributed by atoms with van der Waals surface area (Å²) < 4.78 is 5.89. The zero-order chi connectivity index (χ0) is 20.6. The second-order valence-corrected chi connectivity index (χ2v) is 8.93. The van der Waals surface area contributed by atoms with Crippen LogP contribution < -0.4 is 0 Å². The highest BCUT2D eigenvalue weighted by molar-refractivity contribution is 5.80. The quantitative estimate of drug-likeness (QED) is 0.712. The highest BCUT2D eigenvalue weighted by Crippen LogP contribution is 2.46. The van der Waals surface area contributed by atoms with Crippen LogP contribution in [0.2, 0.25) is 0 Å². The van der Waals surface area contributed by atoms with Gasteiger partial charge in [-0.15, -0.1) is 0 Å². The lowest BCUT2D eigenvalue weighted by Gasteiger charge is -2.42. The number of allylic oxidation sites excluding steroid dienone is 2. The van der Waals surface area contributed by atoms with Crippen LogP contribution in [-0.2, 0) is 20.9 Å². The number of carbonyl (C=O) groups is 2. The maximum Gasteiger partial charge on any atom is 0.314 e. The molecule has 1 aliphatic carbocycles. The first-order valence-corrected chi connectivity index (χ1v) is 11.0. The van der Waals surface area contributed by atoms with Crippen molar-refractivity contribution in [2.75, 3.05) is 26.2 Å². The number of aromatic nitrogens is 2. The predicted octanol–water partition coefficient (Wildman–Crippen LogP) is 1.96. The van der Waals surface area contributed by atoms with Gasteiger partial charge in [0.15, 0.2) is 0 Å². The average molecular weight is 409 g/mol. The molecule has 1 aromatic rings. The van der Waals surface area contributed by atoms with Gasteiger partial charge in [-0.05, 0) is 37.6 Å². The number of carbonyl (C=O) groups excluding carboxylic acids is 2. The smallest absolute Gasteiger partial charge is 0.314 e. The standard InChI is InChI=1S/C23H28N4O3/c28-21(18-6-11-26(12-7-18)16-17-5-10-24-25-15-17)27-13-8-23(9-14-27)20-4-2-1-3-19(20)22(29)30-23/h1-5,10,15,18-20H,6-9,11-14,16H2. The van der Waals surface area contributed by atoms with E-state index in [1.54, 1.807) is 12.4 Å². The first kappa shape index (κ1) is 19.4. The fraction of sp³-hybridized carbons (Fsp3) is 0.565. The fourth-order valence-corrected chi connectivity index (χ4v) is 5.48. The topological polar surface area (TPSA) is 75.6 Å². The molecule has 1 spiro atoms. The van der Waals surface area contributed by atoms with E-state index in [0.29, 0.717) is 13.1 Å². The van der Waals surface area contributed by atoms with E-state index >= 15 is 0 Å². The van der Waals surface area contributed by atoms with Gasteiger partial charge in [0.25, 0.3) is 0 Å². The normalized spacial score (nSPS) is 28.5. The Labute approximate surface area is 176 Å². The van der Waals surface area contributed by atoms with Gasteiger partial charge in [0.05, 0.1) is 12.1 Å². The Morgan fingerprint density at radius 1 is 1.10 bits per heavy atom. The molecule has 7 nitrogen and oxygen atoms in total. The number of rotatable bonds is 3. The molecule has 4 aliphatic rings. The summed E-state index contributed by atoms with van der Waals surface area (Å²) in [6, 6.07) is 1.99. The number of esters is 1. The van der Waals surface area contributed by atoms with Crippen LogP contribution in [0.15, 0.2) is 42.8 Å². The Morgan fingerprint density at radius 2 is 1.87 bits per heavy atom. The van der Waals surface area contributed by atoms with Crippen LogP contribution in [0, 0.1) is 17.8 Å². The lowest BCUT2D eigenvalue weighted by molar-refractivity contribution is -0.156. The maximum absolute atomic E-state index is 13.1. The van der Waals surface area contributed by atoms with E-state index < -0.39 is 5.60 Å². The minimum Gasteiger partial charge on any atom is -0.458 e. The van der Waals surface area contributed by atoms with Crippen molar-refractivity contribution in [3.05, 3.63) is 48.3 Å². The first-order valence-electron chi connectivity index (χ1n) is 11.0. The van der Waals surface area contributed by atoms with E-state index in [1.807, 2.05) is 29.2 Å². The van der Waals surface area contributed by atoms with Gasteiger partial charge in [-0.2, -0.15) is 10.2 Å². The second-order valence-electron chi connectivity index (χ2n) is 8.93. The number of nitrogens with zero attached hydrogens (tertiary/aromatic N) is 4. The van der Waals surface area contributed by atoms with E-state index in [4.69, 9.17) is 4.74 Å². The minimum atomic E-state index is -0.429. The number of fused-ring (bicyclic) bond motifs is 2. The van der Waals surface area contributed by atoms with Crippen LogP contribution in [0.5, 0.6) is 0 Å². The van der Waals surface area contributed by atoms with Crippen molar-refractivity contribution in [2.24, 2.45) is 17.8 Å². The third-order valence-corrected chi connectivity index (χ3v) is 7.23. The minimum absolute atomic E-state index is 0.0993. The summed E-state index contributed by atoms with van der Waals surface area (Å²) in [5, 5.41) is 7.76. The number of likely N-dealkylation sites (tertiary alicyclic amines) is 2. The molecule has 1 aromatic heterocycles. The lowest BCUT2D eigenvalue weighted by atomic mass is 9.73. The third kappa shape index (κ3) is 3.55. The maximum atomic E-state index is 13.1. The van der Waals surface area contributed by atoms with Gasteiger partial charge in [0, 0.05) is 50.5 Å². The molecule has 2 atom stereocenters. The van der Waals surface area contributed by atoms with Gasteiger partial charge >= 0.3 is 5.97 Å². The summed E-state index contributed by atoms with van der Waals surface area (Å²) in [6.07, 6.45) is 14.8. The zero-order valence-electron chi connectivity index (χ0n) is 17.2. The predicted molar refractivity (Wildman–Crippen MR) is 110 cm³/mol. The molecule has 7 heteroatoms. The summed E-state index contributed by atoms with van der Waals surface area (Å²) in [6.45, 7) is 4.06. The molecule has 4 heterocycles. The van der Waals surface area contributed by atoms with Gasteiger partial charge < -0.3 is 9.64 Å². The summed E-state index contributed by atoms with van der Waals surface area (Å²) in [5.74, 6) is 0.213. The molecule has 1 amide bonds. The molecule has 30 heavy (non-hydrogen) atoms. The van der Waals surface area contributed by atoms with Crippen LogP contribution in [0.25, 0.3) is 0 Å². The van der Waals surface area contributed by atoms with Crippen molar-refractivity contribution in [2.45, 2.75) is 37.8 Å². The average Bonchev–Trinajstić information content (AvgIpc) is 3.07. The van der Waals surface area contributed by atoms with E-state index in [9.17, 15) is 9.59 Å². The molecule has 158 valence electrons.